The van der Waals surface area contributed by atoms with Crippen molar-refractivity contribution in [3.63, 3.8) is 0 Å². The lowest BCUT2D eigenvalue weighted by molar-refractivity contribution is -0.178. The van der Waals surface area contributed by atoms with Crippen molar-refractivity contribution in [2.24, 2.45) is 5.41 Å². The molecule has 0 aromatic heterocycles. The maximum atomic E-state index is 12.7. The lowest BCUT2D eigenvalue weighted by Gasteiger charge is -2.44. The van der Waals surface area contributed by atoms with Crippen LogP contribution in [0, 0.1) is 5.41 Å². The molecule has 7 nitrogen and oxygen atoms in total. The largest absolute Gasteiger partial charge is 0.468 e. The van der Waals surface area contributed by atoms with Crippen LogP contribution in [-0.2, 0) is 33.0 Å². The summed E-state index contributed by atoms with van der Waals surface area (Å²) in [6, 6.07) is 20.3. The topological polar surface area (TPSA) is 88.1 Å². The zero-order chi connectivity index (χ0) is 27.9. The molecule has 2 rings (SSSR count). The molecule has 0 aliphatic carbocycles. The zero-order valence-electron chi connectivity index (χ0n) is 22.9. The SMILES string of the molecule is COC(=O)C(C)(C(=O)OC)[C@H](C=C[C@H](C)O[Si](c1ccccc1)(c1ccccc1)C(C)(C)C)OC(C)=O. The lowest BCUT2D eigenvalue weighted by atomic mass is 9.83. The van der Waals surface area contributed by atoms with Gasteiger partial charge in [-0.15, -0.1) is 0 Å². The van der Waals surface area contributed by atoms with E-state index in [1.165, 1.54) is 19.9 Å². The van der Waals surface area contributed by atoms with Crippen LogP contribution < -0.4 is 10.4 Å². The molecule has 0 radical (unpaired) electrons. The molecule has 200 valence electrons. The number of carbonyl (C=O) groups excluding carboxylic acids is 3. The quantitative estimate of drug-likeness (QED) is 0.153. The molecular formula is C29H38O7Si. The number of methoxy groups -OCH3 is 2. The van der Waals surface area contributed by atoms with E-state index in [4.69, 9.17) is 18.6 Å². The summed E-state index contributed by atoms with van der Waals surface area (Å²) in [5, 5.41) is 1.97. The van der Waals surface area contributed by atoms with E-state index in [-0.39, 0.29) is 5.04 Å². The summed E-state index contributed by atoms with van der Waals surface area (Å²) in [7, 11) is -0.543. The van der Waals surface area contributed by atoms with E-state index < -0.39 is 43.8 Å². The average Bonchev–Trinajstić information content (AvgIpc) is 2.88. The third-order valence-corrected chi connectivity index (χ3v) is 11.5. The molecule has 2 aromatic carbocycles. The van der Waals surface area contributed by atoms with Crippen molar-refractivity contribution in [2.75, 3.05) is 14.2 Å². The lowest BCUT2D eigenvalue weighted by Crippen LogP contribution is -2.67. The summed E-state index contributed by atoms with van der Waals surface area (Å²) in [5.74, 6) is -2.42. The predicted molar refractivity (Wildman–Crippen MR) is 145 cm³/mol. The molecule has 0 aliphatic rings. The highest BCUT2D eigenvalue weighted by atomic mass is 28.4. The minimum absolute atomic E-state index is 0.250. The highest BCUT2D eigenvalue weighted by Crippen LogP contribution is 2.38. The fourth-order valence-corrected chi connectivity index (χ4v) is 9.19. The standard InChI is InChI=1S/C29H38O7Si/c1-21(19-20-25(35-22(2)30)29(6,26(31)33-7)27(32)34-8)36-37(28(3,4)5,23-15-11-9-12-16-23)24-17-13-10-14-18-24/h9-21,25H,1-8H3/t21-,25-/m0/s1. The van der Waals surface area contributed by atoms with Gasteiger partial charge >= 0.3 is 17.9 Å². The number of ether oxygens (including phenoxy) is 3. The maximum absolute atomic E-state index is 12.7. The molecule has 0 saturated heterocycles. The molecule has 0 N–H and O–H groups in total. The fraction of sp³-hybridized carbons (Fsp3) is 0.414. The number of carbonyl (C=O) groups is 3. The number of esters is 3. The van der Waals surface area contributed by atoms with Crippen LogP contribution in [0.3, 0.4) is 0 Å². The molecule has 0 fully saturated rings. The first-order valence-corrected chi connectivity index (χ1v) is 14.1. The van der Waals surface area contributed by atoms with Crippen molar-refractivity contribution in [3.8, 4) is 0 Å². The van der Waals surface area contributed by atoms with E-state index in [0.717, 1.165) is 24.6 Å². The molecule has 0 bridgehead atoms. The minimum atomic E-state index is -2.86. The van der Waals surface area contributed by atoms with Crippen molar-refractivity contribution >= 4 is 36.6 Å². The Morgan fingerprint density at radius 2 is 1.22 bits per heavy atom. The van der Waals surface area contributed by atoms with Gasteiger partial charge in [-0.2, -0.15) is 0 Å². The first-order chi connectivity index (χ1) is 17.3. The third kappa shape index (κ3) is 6.37. The van der Waals surface area contributed by atoms with Crippen LogP contribution in [0.5, 0.6) is 0 Å². The highest BCUT2D eigenvalue weighted by Gasteiger charge is 2.53. The van der Waals surface area contributed by atoms with Gasteiger partial charge in [-0.25, -0.2) is 0 Å². The van der Waals surface area contributed by atoms with E-state index >= 15 is 0 Å². The van der Waals surface area contributed by atoms with Gasteiger partial charge in [0.1, 0.15) is 6.10 Å². The Hall–Kier alpha value is -3.23. The molecule has 0 amide bonds. The Balaban J connectivity index is 2.59. The molecule has 0 unspecified atom stereocenters. The van der Waals surface area contributed by atoms with Gasteiger partial charge in [-0.3, -0.25) is 14.4 Å². The van der Waals surface area contributed by atoms with Crippen molar-refractivity contribution in [2.45, 2.75) is 58.8 Å². The summed E-state index contributed by atoms with van der Waals surface area (Å²) in [5.41, 5.74) is -1.90. The van der Waals surface area contributed by atoms with Gasteiger partial charge < -0.3 is 18.6 Å². The van der Waals surface area contributed by atoms with Crippen molar-refractivity contribution < 1.29 is 33.0 Å². The molecule has 2 atom stereocenters. The maximum Gasteiger partial charge on any atom is 0.327 e. The van der Waals surface area contributed by atoms with Gasteiger partial charge in [-0.1, -0.05) is 87.5 Å². The van der Waals surface area contributed by atoms with Crippen LogP contribution in [0.25, 0.3) is 0 Å². The van der Waals surface area contributed by atoms with Gasteiger partial charge in [0.2, 0.25) is 5.41 Å². The molecule has 0 aliphatic heterocycles. The van der Waals surface area contributed by atoms with Gasteiger partial charge in [0, 0.05) is 6.92 Å². The summed E-state index contributed by atoms with van der Waals surface area (Å²) >= 11 is 0. The van der Waals surface area contributed by atoms with Crippen LogP contribution >= 0.6 is 0 Å². The molecule has 37 heavy (non-hydrogen) atoms. The Morgan fingerprint density at radius 3 is 1.57 bits per heavy atom. The Labute approximate surface area is 220 Å². The number of hydrogen-bond acceptors (Lipinski definition) is 7. The van der Waals surface area contributed by atoms with Gasteiger partial charge in [0.25, 0.3) is 8.32 Å². The molecular weight excluding hydrogens is 488 g/mol. The van der Waals surface area contributed by atoms with E-state index in [1.807, 2.05) is 43.3 Å². The molecule has 0 heterocycles. The first-order valence-electron chi connectivity index (χ1n) is 12.2. The summed E-state index contributed by atoms with van der Waals surface area (Å²) in [6.45, 7) is 10.9. The van der Waals surface area contributed by atoms with Crippen molar-refractivity contribution in [1.82, 2.24) is 0 Å². The summed E-state index contributed by atoms with van der Waals surface area (Å²) in [4.78, 5) is 37.2. The van der Waals surface area contributed by atoms with Crippen LogP contribution in [-0.4, -0.2) is 52.7 Å². The van der Waals surface area contributed by atoms with Crippen LogP contribution in [0.1, 0.15) is 41.5 Å². The average molecular weight is 527 g/mol. The summed E-state index contributed by atoms with van der Waals surface area (Å²) < 4.78 is 22.1. The van der Waals surface area contributed by atoms with Gasteiger partial charge in [-0.05, 0) is 35.3 Å². The third-order valence-electron chi connectivity index (χ3n) is 6.42. The van der Waals surface area contributed by atoms with Crippen molar-refractivity contribution in [1.29, 1.82) is 0 Å². The second-order valence-electron chi connectivity index (χ2n) is 10.1. The first kappa shape index (κ1) is 30.0. The number of hydrogen-bond donors (Lipinski definition) is 0. The second-order valence-corrected chi connectivity index (χ2v) is 14.3. The van der Waals surface area contributed by atoms with E-state index in [9.17, 15) is 14.4 Å². The Bertz CT molecular complexity index is 1030. The number of benzene rings is 2. The van der Waals surface area contributed by atoms with Crippen LogP contribution in [0.15, 0.2) is 72.8 Å². The van der Waals surface area contributed by atoms with E-state index in [1.54, 1.807) is 6.08 Å². The second kappa shape index (κ2) is 12.3. The van der Waals surface area contributed by atoms with Gasteiger partial charge in [0.15, 0.2) is 0 Å². The Kier molecular flexibility index (Phi) is 10.0. The minimum Gasteiger partial charge on any atom is -0.468 e. The number of rotatable bonds is 10. The molecule has 8 heteroatoms. The highest BCUT2D eigenvalue weighted by molar-refractivity contribution is 6.99. The molecule has 0 spiro atoms. The van der Waals surface area contributed by atoms with E-state index in [0.29, 0.717) is 0 Å². The fourth-order valence-electron chi connectivity index (χ4n) is 4.53. The monoisotopic (exact) mass is 526 g/mol. The Morgan fingerprint density at radius 1 is 0.784 bits per heavy atom. The normalized spacial score (nSPS) is 14.1. The van der Waals surface area contributed by atoms with E-state index in [2.05, 4.69) is 45.0 Å². The predicted octanol–water partition coefficient (Wildman–Crippen LogP) is 3.79. The van der Waals surface area contributed by atoms with Crippen LogP contribution in [0.4, 0.5) is 0 Å². The smallest absolute Gasteiger partial charge is 0.327 e. The van der Waals surface area contributed by atoms with Crippen molar-refractivity contribution in [3.05, 3.63) is 72.8 Å². The molecule has 0 saturated carbocycles. The van der Waals surface area contributed by atoms with Gasteiger partial charge in [0.05, 0.1) is 20.3 Å². The zero-order valence-corrected chi connectivity index (χ0v) is 23.9. The molecule has 2 aromatic rings. The summed E-state index contributed by atoms with van der Waals surface area (Å²) in [6.07, 6.45) is 1.47. The van der Waals surface area contributed by atoms with Crippen LogP contribution in [0.2, 0.25) is 5.04 Å².